The number of fused-ring (bicyclic) bond motifs is 1. The summed E-state index contributed by atoms with van der Waals surface area (Å²) in [6.07, 6.45) is -9.53. The molecule has 1 amide bonds. The van der Waals surface area contributed by atoms with Gasteiger partial charge in [-0.25, -0.2) is 0 Å². The number of rotatable bonds is 12. The Morgan fingerprint density at radius 1 is 0.910 bits per heavy atom. The van der Waals surface area contributed by atoms with Crippen LogP contribution in [0.1, 0.15) is 101 Å². The van der Waals surface area contributed by atoms with E-state index in [1.165, 1.54) is 27.9 Å². The van der Waals surface area contributed by atoms with Crippen LogP contribution in [0.25, 0.3) is 10.9 Å². The first-order valence-corrected chi connectivity index (χ1v) is 23.8. The molecule has 3 aliphatic heterocycles. The van der Waals surface area contributed by atoms with Crippen molar-refractivity contribution >= 4 is 34.3 Å². The van der Waals surface area contributed by atoms with Gasteiger partial charge in [-0.15, -0.1) is 0 Å². The molecule has 380 valence electrons. The molecule has 7 N–H and O–H groups in total. The van der Waals surface area contributed by atoms with Crippen LogP contribution in [0.2, 0.25) is 0 Å². The standard InChI is InChI=1S/C47H74N4O14.C2H6/c1-25-22-45(6,58)36(65-44-40(54)33(51(9)10)20-26(2)61-44)21-34(63-38-23-46(7,60-11)42(56)29(5)62-38)27(3)43(57)64-35(47(8,59)41(55)28(4)39(25)53)17-19-49-37(52)24-50-32-16-12-15-31-30(32)14-13-18-48-31;1-2/h12-16,18,25-29,33-36,38,40-42,44,50,54-56,58-59H,17,19-24H2,1-11H3,(H,49,52);1-2H3/t25-,26?,27-,28+,29?,33?,34+,35-,36-,38?,40?,41-,42?,44?,45-,46?,47-;/m1./s1. The number of methoxy groups -OCH3 is 1. The summed E-state index contributed by atoms with van der Waals surface area (Å²) in [5, 5.41) is 65.6. The molecule has 3 fully saturated rings. The molecule has 0 saturated carbocycles. The molecule has 67 heavy (non-hydrogen) atoms. The van der Waals surface area contributed by atoms with Crippen molar-refractivity contribution in [1.82, 2.24) is 15.2 Å². The zero-order valence-electron chi connectivity index (χ0n) is 41.8. The number of aromatic nitrogens is 1. The number of cyclic esters (lactones) is 1. The molecule has 3 aliphatic rings. The van der Waals surface area contributed by atoms with Crippen LogP contribution in [0.4, 0.5) is 5.69 Å². The van der Waals surface area contributed by atoms with Crippen molar-refractivity contribution in [3.8, 4) is 0 Å². The van der Waals surface area contributed by atoms with Crippen molar-refractivity contribution in [3.63, 3.8) is 0 Å². The van der Waals surface area contributed by atoms with Gasteiger partial charge < -0.3 is 69.5 Å². The van der Waals surface area contributed by atoms with Gasteiger partial charge in [-0.05, 0) is 92.7 Å². The van der Waals surface area contributed by atoms with E-state index in [2.05, 4.69) is 15.6 Å². The lowest BCUT2D eigenvalue weighted by Crippen LogP contribution is -2.59. The van der Waals surface area contributed by atoms with Gasteiger partial charge in [0.05, 0.1) is 59.7 Å². The number of hydrogen-bond acceptors (Lipinski definition) is 17. The molecular formula is C49H80N4O14. The van der Waals surface area contributed by atoms with E-state index < -0.39 is 108 Å². The number of ether oxygens (including phenoxy) is 6. The van der Waals surface area contributed by atoms with E-state index >= 15 is 0 Å². The van der Waals surface area contributed by atoms with E-state index in [4.69, 9.17) is 28.4 Å². The zero-order valence-corrected chi connectivity index (χ0v) is 41.8. The van der Waals surface area contributed by atoms with Crippen molar-refractivity contribution in [3.05, 3.63) is 36.5 Å². The number of aliphatic hydroxyl groups is 5. The van der Waals surface area contributed by atoms with E-state index in [0.717, 1.165) is 10.9 Å². The SMILES string of the molecule is CC.COC1(C)CC(O[C@H]2C[C@@H](OC3OC(C)CC(N(C)C)C3O)[C@](C)(O)C[C@@H](C)C(=O)[C@H](C)[C@@H](O)[C@](C)(O)[C@@H](CCNC(=O)CNc3cccc4ncccc34)OC(=O)[C@@H]2C)OC(C)C1O. The van der Waals surface area contributed by atoms with Gasteiger partial charge in [0, 0.05) is 68.1 Å². The first kappa shape index (κ1) is 56.2. The lowest BCUT2D eigenvalue weighted by Gasteiger charge is -2.47. The van der Waals surface area contributed by atoms with Crippen molar-refractivity contribution in [2.45, 2.75) is 186 Å². The summed E-state index contributed by atoms with van der Waals surface area (Å²) in [6, 6.07) is 8.83. The third-order valence-corrected chi connectivity index (χ3v) is 13.9. The maximum absolute atomic E-state index is 14.5. The fraction of sp³-hybridized carbons (Fsp3) is 0.755. The fourth-order valence-electron chi connectivity index (χ4n) is 9.51. The number of amides is 1. The van der Waals surface area contributed by atoms with Gasteiger partial charge in [0.15, 0.2) is 12.6 Å². The molecule has 0 spiro atoms. The number of carbonyl (C=O) groups excluding carboxylic acids is 3. The summed E-state index contributed by atoms with van der Waals surface area (Å²) < 4.78 is 37.3. The van der Waals surface area contributed by atoms with Crippen molar-refractivity contribution < 1.29 is 68.3 Å². The number of anilines is 1. The Morgan fingerprint density at radius 2 is 1.60 bits per heavy atom. The number of pyridine rings is 1. The zero-order chi connectivity index (χ0) is 50.2. The maximum Gasteiger partial charge on any atom is 0.311 e. The summed E-state index contributed by atoms with van der Waals surface area (Å²) in [6.45, 7) is 16.4. The number of aliphatic hydroxyl groups excluding tert-OH is 3. The van der Waals surface area contributed by atoms with Crippen LogP contribution in [0.3, 0.4) is 0 Å². The molecule has 18 nitrogen and oxygen atoms in total. The van der Waals surface area contributed by atoms with E-state index in [0.29, 0.717) is 12.1 Å². The van der Waals surface area contributed by atoms with E-state index in [9.17, 15) is 39.9 Å². The number of carbonyl (C=O) groups is 3. The van der Waals surface area contributed by atoms with Gasteiger partial charge in [-0.3, -0.25) is 19.4 Å². The second-order valence-electron chi connectivity index (χ2n) is 19.4. The van der Waals surface area contributed by atoms with Crippen LogP contribution in [0.15, 0.2) is 36.5 Å². The Kier molecular flexibility index (Phi) is 20.1. The predicted octanol–water partition coefficient (Wildman–Crippen LogP) is 3.32. The van der Waals surface area contributed by atoms with Gasteiger partial charge in [0.1, 0.15) is 29.7 Å². The van der Waals surface area contributed by atoms with Gasteiger partial charge in [-0.2, -0.15) is 0 Å². The summed E-state index contributed by atoms with van der Waals surface area (Å²) in [5.41, 5.74) is -3.71. The van der Waals surface area contributed by atoms with Crippen LogP contribution in [0.5, 0.6) is 0 Å². The third-order valence-electron chi connectivity index (χ3n) is 13.9. The highest BCUT2D eigenvalue weighted by atomic mass is 16.7. The fourth-order valence-corrected chi connectivity index (χ4v) is 9.51. The van der Waals surface area contributed by atoms with Gasteiger partial charge in [-0.1, -0.05) is 33.8 Å². The lowest BCUT2D eigenvalue weighted by molar-refractivity contribution is -0.308. The summed E-state index contributed by atoms with van der Waals surface area (Å²) in [5.74, 6) is -5.04. The summed E-state index contributed by atoms with van der Waals surface area (Å²) in [4.78, 5) is 48.0. The molecular weight excluding hydrogens is 869 g/mol. The first-order valence-electron chi connectivity index (χ1n) is 23.8. The Balaban J connectivity index is 0.00000483. The molecule has 0 bridgehead atoms. The quantitative estimate of drug-likeness (QED) is 0.151. The normalized spacial score (nSPS) is 39.1. The Labute approximate surface area is 396 Å². The minimum absolute atomic E-state index is 0.0422. The smallest absolute Gasteiger partial charge is 0.311 e. The molecule has 17 atom stereocenters. The maximum atomic E-state index is 14.5. The molecule has 0 aliphatic carbocycles. The first-order chi connectivity index (χ1) is 31.4. The number of likely N-dealkylation sites (N-methyl/N-ethyl adjacent to an activating group) is 1. The highest BCUT2D eigenvalue weighted by molar-refractivity contribution is 5.93. The van der Waals surface area contributed by atoms with Crippen LogP contribution < -0.4 is 10.6 Å². The number of nitrogens with zero attached hydrogens (tertiary/aromatic N) is 2. The molecule has 3 saturated heterocycles. The van der Waals surface area contributed by atoms with E-state index in [1.807, 2.05) is 64.0 Å². The summed E-state index contributed by atoms with van der Waals surface area (Å²) >= 11 is 0. The average Bonchev–Trinajstić information content (AvgIpc) is 3.29. The largest absolute Gasteiger partial charge is 0.459 e. The number of benzene rings is 1. The Bertz CT molecular complexity index is 1910. The van der Waals surface area contributed by atoms with Crippen molar-refractivity contribution in [2.75, 3.05) is 39.6 Å². The number of hydrogen-bond donors (Lipinski definition) is 7. The highest BCUT2D eigenvalue weighted by Crippen LogP contribution is 2.39. The molecule has 0 radical (unpaired) electrons. The predicted molar refractivity (Wildman–Crippen MR) is 251 cm³/mol. The minimum Gasteiger partial charge on any atom is -0.459 e. The monoisotopic (exact) mass is 949 g/mol. The van der Waals surface area contributed by atoms with Crippen LogP contribution in [0, 0.1) is 17.8 Å². The van der Waals surface area contributed by atoms with Gasteiger partial charge in [0.25, 0.3) is 0 Å². The van der Waals surface area contributed by atoms with Crippen LogP contribution >= 0.6 is 0 Å². The van der Waals surface area contributed by atoms with Crippen LogP contribution in [-0.4, -0.2) is 172 Å². The van der Waals surface area contributed by atoms with Crippen molar-refractivity contribution in [2.24, 2.45) is 17.8 Å². The van der Waals surface area contributed by atoms with E-state index in [-0.39, 0.29) is 50.9 Å². The topological polar surface area (TPSA) is 248 Å². The average molecular weight is 949 g/mol. The molecule has 5 rings (SSSR count). The minimum atomic E-state index is -2.22. The van der Waals surface area contributed by atoms with Gasteiger partial charge >= 0.3 is 5.97 Å². The number of esters is 1. The highest BCUT2D eigenvalue weighted by Gasteiger charge is 2.52. The second kappa shape index (κ2) is 23.9. The molecule has 1 aromatic carbocycles. The molecule has 1 aromatic heterocycles. The van der Waals surface area contributed by atoms with Crippen LogP contribution in [-0.2, 0) is 42.8 Å². The summed E-state index contributed by atoms with van der Waals surface area (Å²) in [7, 11) is 5.12. The molecule has 4 heterocycles. The van der Waals surface area contributed by atoms with Crippen molar-refractivity contribution in [1.29, 1.82) is 0 Å². The number of nitrogens with one attached hydrogen (secondary N) is 2. The number of Topliss-reactive ketones (excluding diaryl/α,β-unsaturated/α-hetero) is 1. The Morgan fingerprint density at radius 3 is 2.25 bits per heavy atom. The molecule has 18 heteroatoms. The lowest BCUT2D eigenvalue weighted by atomic mass is 9.76. The Hall–Kier alpha value is -3.40. The number of ketones is 1. The third kappa shape index (κ3) is 13.7. The van der Waals surface area contributed by atoms with E-state index in [1.54, 1.807) is 40.0 Å². The second-order valence-corrected chi connectivity index (χ2v) is 19.4. The molecule has 2 aromatic rings. The molecule has 8 unspecified atom stereocenters. The van der Waals surface area contributed by atoms with Gasteiger partial charge in [0.2, 0.25) is 5.91 Å².